The summed E-state index contributed by atoms with van der Waals surface area (Å²) in [5.41, 5.74) is 12.6. The number of rotatable bonds is 3. The third-order valence-corrected chi connectivity index (χ3v) is 11.9. The van der Waals surface area contributed by atoms with Gasteiger partial charge in [-0.05, 0) is 113 Å². The van der Waals surface area contributed by atoms with E-state index in [9.17, 15) is 0 Å². The van der Waals surface area contributed by atoms with Crippen LogP contribution in [-0.2, 0) is 14.7 Å². The second-order valence-corrected chi connectivity index (χ2v) is 15.0. The van der Waals surface area contributed by atoms with E-state index >= 15 is 0 Å². The van der Waals surface area contributed by atoms with Gasteiger partial charge in [0.25, 0.3) is 0 Å². The highest BCUT2D eigenvalue weighted by atomic mass is 32.2. The second kappa shape index (κ2) is 10.3. The van der Waals surface area contributed by atoms with Gasteiger partial charge in [-0.3, -0.25) is 0 Å². The molecule has 1 aliphatic carbocycles. The number of benzene rings is 6. The molecule has 4 heteroatoms. The van der Waals surface area contributed by atoms with Crippen LogP contribution in [0.25, 0.3) is 33.4 Å². The van der Waals surface area contributed by atoms with Crippen LogP contribution in [0.2, 0.25) is 0 Å². The molecule has 0 saturated carbocycles. The zero-order valence-electron chi connectivity index (χ0n) is 27.1. The molecule has 6 aromatic rings. The molecule has 2 heterocycles. The van der Waals surface area contributed by atoms with E-state index in [1.54, 1.807) is 0 Å². The first-order valence-electron chi connectivity index (χ1n) is 16.4. The molecule has 1 saturated heterocycles. The molecule has 0 aromatic heterocycles. The van der Waals surface area contributed by atoms with Crippen LogP contribution in [0.1, 0.15) is 49.9 Å². The Labute approximate surface area is 281 Å². The van der Waals surface area contributed by atoms with Gasteiger partial charge >= 0.3 is 7.12 Å². The van der Waals surface area contributed by atoms with Gasteiger partial charge in [0, 0.05) is 9.79 Å². The SMILES string of the molecule is CC1(C)OB(c2cccc(-c3ccc4c(c3)C3(c5ccccc5S4)c4ccccc4-c4ccc(-c5ccccc5)cc43)c2)OC1(C)C. The Morgan fingerprint density at radius 3 is 1.83 bits per heavy atom. The fraction of sp³-hybridized carbons (Fsp3) is 0.163. The van der Waals surface area contributed by atoms with E-state index in [1.165, 1.54) is 59.9 Å². The fourth-order valence-electron chi connectivity index (χ4n) is 7.73. The van der Waals surface area contributed by atoms with Crippen LogP contribution in [-0.4, -0.2) is 18.3 Å². The maximum Gasteiger partial charge on any atom is 0.494 e. The molecular weight excluding hydrogens is 591 g/mol. The van der Waals surface area contributed by atoms with Crippen LogP contribution >= 0.6 is 11.8 Å². The monoisotopic (exact) mass is 626 g/mol. The smallest absolute Gasteiger partial charge is 0.399 e. The average molecular weight is 627 g/mol. The summed E-state index contributed by atoms with van der Waals surface area (Å²) in [5.74, 6) is 0. The van der Waals surface area contributed by atoms with Crippen LogP contribution in [0.4, 0.5) is 0 Å². The van der Waals surface area contributed by atoms with Crippen LogP contribution in [0, 0.1) is 0 Å². The standard InChI is InChI=1S/C43H35BO2S/c1-41(2)42(3,4)46-44(45-41)32-16-12-15-29(25-32)31-22-24-40-38(27-31)43(36-19-10-11-20-39(36)47-40)35-18-9-8-17-33(35)34-23-21-30(26-37(34)43)28-13-6-5-7-14-28/h5-27H,1-4H3. The van der Waals surface area contributed by atoms with Gasteiger partial charge < -0.3 is 9.31 Å². The van der Waals surface area contributed by atoms with Crippen molar-refractivity contribution in [3.63, 3.8) is 0 Å². The van der Waals surface area contributed by atoms with E-state index in [2.05, 4.69) is 167 Å². The Balaban J connectivity index is 1.27. The van der Waals surface area contributed by atoms with Crippen molar-refractivity contribution in [1.82, 2.24) is 0 Å². The molecule has 1 unspecified atom stereocenters. The van der Waals surface area contributed by atoms with Crippen molar-refractivity contribution in [2.75, 3.05) is 0 Å². The van der Waals surface area contributed by atoms with Gasteiger partial charge in [-0.15, -0.1) is 0 Å². The van der Waals surface area contributed by atoms with Gasteiger partial charge in [0.05, 0.1) is 16.6 Å². The quantitative estimate of drug-likeness (QED) is 0.182. The predicted octanol–water partition coefficient (Wildman–Crippen LogP) is 10.1. The van der Waals surface area contributed by atoms with Crippen molar-refractivity contribution in [3.05, 3.63) is 162 Å². The Morgan fingerprint density at radius 1 is 0.447 bits per heavy atom. The van der Waals surface area contributed by atoms with Crippen LogP contribution in [0.5, 0.6) is 0 Å². The van der Waals surface area contributed by atoms with Gasteiger partial charge in [0.15, 0.2) is 0 Å². The lowest BCUT2D eigenvalue weighted by atomic mass is 9.66. The second-order valence-electron chi connectivity index (χ2n) is 13.9. The number of hydrogen-bond acceptors (Lipinski definition) is 3. The summed E-state index contributed by atoms with van der Waals surface area (Å²) in [6, 6.07) is 51.6. The number of hydrogen-bond donors (Lipinski definition) is 0. The van der Waals surface area contributed by atoms with Gasteiger partial charge in [-0.2, -0.15) is 0 Å². The van der Waals surface area contributed by atoms with Gasteiger partial charge in [0.1, 0.15) is 0 Å². The molecule has 1 fully saturated rings. The van der Waals surface area contributed by atoms with Crippen molar-refractivity contribution in [3.8, 4) is 33.4 Å². The van der Waals surface area contributed by atoms with Crippen LogP contribution in [0.15, 0.2) is 149 Å². The first-order chi connectivity index (χ1) is 22.8. The first kappa shape index (κ1) is 28.8. The van der Waals surface area contributed by atoms with E-state index in [0.29, 0.717) is 0 Å². The number of fused-ring (bicyclic) bond motifs is 9. The highest BCUT2D eigenvalue weighted by molar-refractivity contribution is 7.99. The van der Waals surface area contributed by atoms with Crippen molar-refractivity contribution < 1.29 is 9.31 Å². The Hall–Kier alpha value is -4.35. The fourth-order valence-corrected chi connectivity index (χ4v) is 8.91. The summed E-state index contributed by atoms with van der Waals surface area (Å²) in [6.07, 6.45) is 0. The summed E-state index contributed by atoms with van der Waals surface area (Å²) in [5, 5.41) is 0. The topological polar surface area (TPSA) is 18.5 Å². The zero-order valence-corrected chi connectivity index (χ0v) is 27.9. The van der Waals surface area contributed by atoms with Crippen molar-refractivity contribution >= 4 is 24.3 Å². The molecule has 47 heavy (non-hydrogen) atoms. The molecule has 3 aliphatic rings. The molecule has 0 amide bonds. The third-order valence-electron chi connectivity index (χ3n) is 10.8. The zero-order chi connectivity index (χ0) is 32.0. The maximum atomic E-state index is 6.45. The summed E-state index contributed by atoms with van der Waals surface area (Å²) in [4.78, 5) is 2.60. The first-order valence-corrected chi connectivity index (χ1v) is 17.3. The van der Waals surface area contributed by atoms with Gasteiger partial charge in [-0.25, -0.2) is 0 Å². The lowest BCUT2D eigenvalue weighted by Crippen LogP contribution is -2.41. The third kappa shape index (κ3) is 4.22. The predicted molar refractivity (Wildman–Crippen MR) is 194 cm³/mol. The molecular formula is C43H35BO2S. The molecule has 0 bridgehead atoms. The molecule has 2 nitrogen and oxygen atoms in total. The van der Waals surface area contributed by atoms with Crippen molar-refractivity contribution in [1.29, 1.82) is 0 Å². The molecule has 0 radical (unpaired) electrons. The van der Waals surface area contributed by atoms with Crippen LogP contribution < -0.4 is 5.46 Å². The maximum absolute atomic E-state index is 6.45. The van der Waals surface area contributed by atoms with E-state index < -0.39 is 23.7 Å². The molecule has 9 rings (SSSR count). The minimum atomic E-state index is -0.451. The summed E-state index contributed by atoms with van der Waals surface area (Å²) < 4.78 is 12.9. The minimum Gasteiger partial charge on any atom is -0.399 e. The lowest BCUT2D eigenvalue weighted by Gasteiger charge is -2.40. The van der Waals surface area contributed by atoms with Crippen molar-refractivity contribution in [2.24, 2.45) is 0 Å². The highest BCUT2D eigenvalue weighted by Gasteiger charge is 2.52. The largest absolute Gasteiger partial charge is 0.494 e. The normalized spacial score (nSPS) is 19.6. The van der Waals surface area contributed by atoms with E-state index in [-0.39, 0.29) is 0 Å². The van der Waals surface area contributed by atoms with Crippen molar-refractivity contribution in [2.45, 2.75) is 54.1 Å². The summed E-state index contributed by atoms with van der Waals surface area (Å²) in [7, 11) is -0.406. The molecule has 228 valence electrons. The Bertz CT molecular complexity index is 2190. The Kier molecular flexibility index (Phi) is 6.34. The molecule has 0 N–H and O–H groups in total. The highest BCUT2D eigenvalue weighted by Crippen LogP contribution is 2.62. The lowest BCUT2D eigenvalue weighted by molar-refractivity contribution is 0.00578. The molecule has 2 aliphatic heterocycles. The van der Waals surface area contributed by atoms with Crippen LogP contribution in [0.3, 0.4) is 0 Å². The van der Waals surface area contributed by atoms with E-state index in [0.717, 1.165) is 11.0 Å². The molecule has 1 spiro atoms. The molecule has 1 atom stereocenters. The Morgan fingerprint density at radius 2 is 1.02 bits per heavy atom. The summed E-state index contributed by atoms with van der Waals surface area (Å²) in [6.45, 7) is 8.43. The molecule has 6 aromatic carbocycles. The van der Waals surface area contributed by atoms with E-state index in [1.807, 2.05) is 11.8 Å². The van der Waals surface area contributed by atoms with Gasteiger partial charge in [-0.1, -0.05) is 127 Å². The minimum absolute atomic E-state index is 0.391. The van der Waals surface area contributed by atoms with E-state index in [4.69, 9.17) is 9.31 Å². The van der Waals surface area contributed by atoms with Gasteiger partial charge in [0.2, 0.25) is 0 Å². The summed E-state index contributed by atoms with van der Waals surface area (Å²) >= 11 is 1.88. The average Bonchev–Trinajstić information content (AvgIpc) is 3.51.